The van der Waals surface area contributed by atoms with E-state index in [1.807, 2.05) is 0 Å². The van der Waals surface area contributed by atoms with Crippen LogP contribution in [0.3, 0.4) is 0 Å². The minimum absolute atomic E-state index is 0.186. The third-order valence-electron chi connectivity index (χ3n) is 2.48. The molecule has 1 aromatic carbocycles. The summed E-state index contributed by atoms with van der Waals surface area (Å²) in [5, 5.41) is 10.1. The molecule has 0 bridgehead atoms. The summed E-state index contributed by atoms with van der Waals surface area (Å²) in [4.78, 5) is 17.9. The van der Waals surface area contributed by atoms with E-state index in [-0.39, 0.29) is 5.69 Å². The van der Waals surface area contributed by atoms with E-state index in [1.165, 1.54) is 6.20 Å². The van der Waals surface area contributed by atoms with Gasteiger partial charge < -0.3 is 4.98 Å². The average molecular weight is 282 g/mol. The quantitative estimate of drug-likeness (QED) is 0.703. The molecular weight excluding hydrogens is 277 g/mol. The molecule has 18 heavy (non-hydrogen) atoms. The van der Waals surface area contributed by atoms with Crippen LogP contribution in [0.25, 0.3) is 22.6 Å². The molecule has 0 unspecified atom stereocenters. The van der Waals surface area contributed by atoms with E-state index in [9.17, 15) is 4.91 Å². The summed E-state index contributed by atoms with van der Waals surface area (Å²) in [5.41, 5.74) is 1.97. The van der Waals surface area contributed by atoms with Crippen molar-refractivity contribution in [3.63, 3.8) is 0 Å². The van der Waals surface area contributed by atoms with Gasteiger partial charge in [0.1, 0.15) is 5.69 Å². The van der Waals surface area contributed by atoms with Crippen LogP contribution in [-0.4, -0.2) is 20.2 Å². The van der Waals surface area contributed by atoms with Crippen molar-refractivity contribution in [3.8, 4) is 11.5 Å². The molecular formula is C10H5Cl2N5O. The monoisotopic (exact) mass is 281 g/mol. The molecule has 0 amide bonds. The van der Waals surface area contributed by atoms with Crippen LogP contribution < -0.4 is 0 Å². The maximum atomic E-state index is 10.6. The summed E-state index contributed by atoms with van der Waals surface area (Å²) in [5.74, 6) is 0.454. The molecule has 8 heteroatoms. The van der Waals surface area contributed by atoms with Crippen molar-refractivity contribution in [2.75, 3.05) is 0 Å². The lowest BCUT2D eigenvalue weighted by molar-refractivity contribution is 1.08. The molecule has 0 aliphatic heterocycles. The highest BCUT2D eigenvalue weighted by Crippen LogP contribution is 2.30. The Morgan fingerprint density at radius 3 is 2.78 bits per heavy atom. The normalized spacial score (nSPS) is 11.0. The van der Waals surface area contributed by atoms with Crippen LogP contribution in [0.15, 0.2) is 23.5 Å². The predicted octanol–water partition coefficient (Wildman–Crippen LogP) is 3.66. The number of nitroso groups, excluding NO2 is 1. The highest BCUT2D eigenvalue weighted by molar-refractivity contribution is 6.42. The topological polar surface area (TPSA) is 86.8 Å². The molecule has 0 saturated carbocycles. The van der Waals surface area contributed by atoms with Gasteiger partial charge in [0.25, 0.3) is 0 Å². The van der Waals surface area contributed by atoms with Gasteiger partial charge in [-0.1, -0.05) is 23.2 Å². The van der Waals surface area contributed by atoms with Crippen molar-refractivity contribution in [1.82, 2.24) is 20.2 Å². The van der Waals surface area contributed by atoms with Crippen LogP contribution in [0.1, 0.15) is 0 Å². The van der Waals surface area contributed by atoms with Crippen LogP contribution >= 0.6 is 23.2 Å². The van der Waals surface area contributed by atoms with Gasteiger partial charge in [0.2, 0.25) is 0 Å². The number of nitrogens with one attached hydrogen (secondary N) is 2. The lowest BCUT2D eigenvalue weighted by Gasteiger charge is -1.93. The minimum Gasteiger partial charge on any atom is -0.337 e. The second kappa shape index (κ2) is 4.08. The summed E-state index contributed by atoms with van der Waals surface area (Å²) in [7, 11) is 0. The highest BCUT2D eigenvalue weighted by Gasteiger charge is 2.13. The van der Waals surface area contributed by atoms with Crippen molar-refractivity contribution in [2.24, 2.45) is 5.18 Å². The number of nitrogens with zero attached hydrogens (tertiary/aromatic N) is 3. The Bertz CT molecular complexity index is 709. The zero-order valence-corrected chi connectivity index (χ0v) is 10.2. The first-order chi connectivity index (χ1) is 8.69. The first-order valence-corrected chi connectivity index (χ1v) is 5.66. The van der Waals surface area contributed by atoms with Crippen LogP contribution in [0.5, 0.6) is 0 Å². The number of fused-ring (bicyclic) bond motifs is 1. The predicted molar refractivity (Wildman–Crippen MR) is 69.2 cm³/mol. The van der Waals surface area contributed by atoms with Crippen molar-refractivity contribution in [2.45, 2.75) is 0 Å². The van der Waals surface area contributed by atoms with Crippen molar-refractivity contribution in [3.05, 3.63) is 33.3 Å². The molecule has 0 fully saturated rings. The summed E-state index contributed by atoms with van der Waals surface area (Å²) >= 11 is 11.8. The molecule has 3 rings (SSSR count). The fraction of sp³-hybridized carbons (Fsp3) is 0. The van der Waals surface area contributed by atoms with E-state index in [2.05, 4.69) is 25.3 Å². The molecule has 0 aliphatic rings. The van der Waals surface area contributed by atoms with Crippen LogP contribution in [0.4, 0.5) is 5.69 Å². The second-order valence-corrected chi connectivity index (χ2v) is 4.40. The minimum atomic E-state index is 0.186. The summed E-state index contributed by atoms with van der Waals surface area (Å²) in [6, 6.07) is 3.31. The number of imidazole rings is 1. The van der Waals surface area contributed by atoms with Crippen LogP contribution in [-0.2, 0) is 0 Å². The van der Waals surface area contributed by atoms with E-state index in [4.69, 9.17) is 23.2 Å². The number of benzene rings is 1. The first kappa shape index (κ1) is 11.2. The number of halogens is 2. The van der Waals surface area contributed by atoms with Crippen LogP contribution in [0, 0.1) is 4.91 Å². The largest absolute Gasteiger partial charge is 0.337 e. The smallest absolute Gasteiger partial charge is 0.158 e. The summed E-state index contributed by atoms with van der Waals surface area (Å²) < 4.78 is 0. The van der Waals surface area contributed by atoms with Gasteiger partial charge in [0.15, 0.2) is 11.5 Å². The number of hydrogen-bond acceptors (Lipinski definition) is 4. The number of hydrogen-bond donors (Lipinski definition) is 2. The van der Waals surface area contributed by atoms with Gasteiger partial charge in [-0.25, -0.2) is 4.98 Å². The Balaban J connectivity index is 2.22. The maximum absolute atomic E-state index is 10.6. The average Bonchev–Trinajstić information content (AvgIpc) is 2.95. The van der Waals surface area contributed by atoms with Crippen molar-refractivity contribution < 1.29 is 0 Å². The fourth-order valence-electron chi connectivity index (χ4n) is 1.65. The Labute approximate surface area is 110 Å². The SMILES string of the molecule is O=Nc1cn[nH]c1-c1nc2cc(Cl)c(Cl)cc2[nH]1. The molecule has 2 N–H and O–H groups in total. The third kappa shape index (κ3) is 1.66. The molecule has 0 spiro atoms. The van der Waals surface area contributed by atoms with Gasteiger partial charge in [0, 0.05) is 0 Å². The van der Waals surface area contributed by atoms with Gasteiger partial charge in [-0.2, -0.15) is 5.10 Å². The Kier molecular flexibility index (Phi) is 2.53. The van der Waals surface area contributed by atoms with E-state index in [0.29, 0.717) is 32.6 Å². The Hall–Kier alpha value is -1.92. The first-order valence-electron chi connectivity index (χ1n) is 4.91. The Morgan fingerprint density at radius 1 is 1.22 bits per heavy atom. The van der Waals surface area contributed by atoms with Crippen LogP contribution in [0.2, 0.25) is 10.0 Å². The fourth-order valence-corrected chi connectivity index (χ4v) is 1.97. The molecule has 3 aromatic rings. The van der Waals surface area contributed by atoms with Gasteiger partial charge in [-0.15, -0.1) is 4.91 Å². The molecule has 0 atom stereocenters. The third-order valence-corrected chi connectivity index (χ3v) is 3.20. The van der Waals surface area contributed by atoms with E-state index in [0.717, 1.165) is 0 Å². The van der Waals surface area contributed by atoms with Gasteiger partial charge in [-0.3, -0.25) is 5.10 Å². The molecule has 0 aliphatic carbocycles. The molecule has 2 heterocycles. The lowest BCUT2D eigenvalue weighted by Crippen LogP contribution is -1.80. The summed E-state index contributed by atoms with van der Waals surface area (Å²) in [6.07, 6.45) is 1.33. The van der Waals surface area contributed by atoms with E-state index >= 15 is 0 Å². The van der Waals surface area contributed by atoms with Gasteiger partial charge in [-0.05, 0) is 17.3 Å². The van der Waals surface area contributed by atoms with Crippen molar-refractivity contribution in [1.29, 1.82) is 0 Å². The summed E-state index contributed by atoms with van der Waals surface area (Å²) in [6.45, 7) is 0. The maximum Gasteiger partial charge on any atom is 0.158 e. The van der Waals surface area contributed by atoms with Crippen molar-refractivity contribution >= 4 is 39.9 Å². The number of aromatic nitrogens is 4. The van der Waals surface area contributed by atoms with E-state index in [1.54, 1.807) is 12.1 Å². The van der Waals surface area contributed by atoms with Gasteiger partial charge >= 0.3 is 0 Å². The number of H-pyrrole nitrogens is 2. The lowest BCUT2D eigenvalue weighted by atomic mass is 10.3. The Morgan fingerprint density at radius 2 is 2.00 bits per heavy atom. The zero-order chi connectivity index (χ0) is 12.7. The second-order valence-electron chi connectivity index (χ2n) is 3.59. The van der Waals surface area contributed by atoms with Gasteiger partial charge in [0.05, 0.1) is 27.3 Å². The zero-order valence-electron chi connectivity index (χ0n) is 8.74. The molecule has 6 nitrogen and oxygen atoms in total. The molecule has 2 aromatic heterocycles. The number of aromatic amines is 2. The molecule has 0 saturated heterocycles. The molecule has 90 valence electrons. The molecule has 0 radical (unpaired) electrons. The highest BCUT2D eigenvalue weighted by atomic mass is 35.5. The van der Waals surface area contributed by atoms with E-state index < -0.39 is 0 Å². The number of rotatable bonds is 2. The standard InChI is InChI=1S/C10H5Cl2N5O/c11-4-1-6-7(2-5(4)12)15-10(14-6)9-8(17-18)3-13-16-9/h1-3H,(H,13,16)(H,14,15).